The molecule has 2 nitrogen and oxygen atoms in total. The Balaban J connectivity index is 3.32. The summed E-state index contributed by atoms with van der Waals surface area (Å²) in [6, 6.07) is 0. The Hall–Kier alpha value is 0.200. The predicted octanol–water partition coefficient (Wildman–Crippen LogP) is 0.310. The highest BCUT2D eigenvalue weighted by molar-refractivity contribution is 8.10. The zero-order valence-electron chi connectivity index (χ0n) is 5.01. The van der Waals surface area contributed by atoms with Crippen LogP contribution in [0.3, 0.4) is 0 Å². The van der Waals surface area contributed by atoms with E-state index in [-0.39, 0.29) is 0 Å². The van der Waals surface area contributed by atoms with Gasteiger partial charge in [-0.15, -0.1) is 12.6 Å². The van der Waals surface area contributed by atoms with Gasteiger partial charge in [0.2, 0.25) is 0 Å². The van der Waals surface area contributed by atoms with Gasteiger partial charge >= 0.3 is 0 Å². The summed E-state index contributed by atoms with van der Waals surface area (Å²) in [5.41, 5.74) is 0. The van der Waals surface area contributed by atoms with Crippen molar-refractivity contribution < 1.29 is 0 Å². The molecule has 0 aliphatic heterocycles. The third-order valence-corrected chi connectivity index (χ3v) is 1.37. The van der Waals surface area contributed by atoms with Crippen LogP contribution in [-0.4, -0.2) is 30.0 Å². The molecule has 0 aromatic carbocycles. The lowest BCUT2D eigenvalue weighted by molar-refractivity contribution is 0.485. The van der Waals surface area contributed by atoms with Crippen molar-refractivity contribution in [3.8, 4) is 0 Å². The molecule has 0 aromatic rings. The maximum absolute atomic E-state index is 4.73. The minimum atomic E-state index is 0.611. The van der Waals surface area contributed by atoms with Crippen LogP contribution < -0.4 is 5.32 Å². The molecule has 48 valence electrons. The Kier molecular flexibility index (Phi) is 4.22. The van der Waals surface area contributed by atoms with Crippen LogP contribution >= 0.6 is 24.8 Å². The molecule has 0 amide bonds. The van der Waals surface area contributed by atoms with E-state index >= 15 is 0 Å². The summed E-state index contributed by atoms with van der Waals surface area (Å²) in [6.07, 6.45) is 0. The average Bonchev–Trinajstić information content (AvgIpc) is 1.67. The number of nitrogens with one attached hydrogen (secondary N) is 1. The first-order valence-electron chi connectivity index (χ1n) is 2.27. The van der Waals surface area contributed by atoms with E-state index in [1.165, 1.54) is 0 Å². The number of hydrogen-bond donors (Lipinski definition) is 2. The Morgan fingerprint density at radius 3 is 2.50 bits per heavy atom. The van der Waals surface area contributed by atoms with Gasteiger partial charge in [0, 0.05) is 7.05 Å². The number of hydrogen-bond acceptors (Lipinski definition) is 2. The Morgan fingerprint density at radius 1 is 1.88 bits per heavy atom. The zero-order valence-corrected chi connectivity index (χ0v) is 6.72. The fourth-order valence-electron chi connectivity index (χ4n) is 0.305. The van der Waals surface area contributed by atoms with E-state index in [0.29, 0.717) is 4.32 Å². The molecule has 8 heavy (non-hydrogen) atoms. The van der Waals surface area contributed by atoms with Gasteiger partial charge in [0.1, 0.15) is 4.32 Å². The maximum Gasteiger partial charge on any atom is 0.134 e. The van der Waals surface area contributed by atoms with Gasteiger partial charge in [-0.1, -0.05) is 12.2 Å². The van der Waals surface area contributed by atoms with Crippen LogP contribution in [0.15, 0.2) is 0 Å². The fourth-order valence-corrected chi connectivity index (χ4v) is 0.440. The largest absolute Gasteiger partial charge is 0.348 e. The quantitative estimate of drug-likeness (QED) is 0.335. The Morgan fingerprint density at radius 2 is 2.38 bits per heavy atom. The van der Waals surface area contributed by atoms with Gasteiger partial charge in [-0.25, -0.2) is 0 Å². The zero-order chi connectivity index (χ0) is 6.57. The monoisotopic (exact) mass is 150 g/mol. The van der Waals surface area contributed by atoms with Crippen LogP contribution in [0.1, 0.15) is 0 Å². The van der Waals surface area contributed by atoms with Crippen molar-refractivity contribution in [2.75, 3.05) is 20.8 Å². The number of nitrogens with zero attached hydrogens (tertiary/aromatic N) is 1. The van der Waals surface area contributed by atoms with Crippen LogP contribution in [0, 0.1) is 0 Å². The van der Waals surface area contributed by atoms with E-state index in [9.17, 15) is 0 Å². The molecule has 0 saturated carbocycles. The van der Waals surface area contributed by atoms with Crippen LogP contribution in [0.4, 0.5) is 0 Å². The standard InChI is InChI=1S/C4H10N2S2/c1-5-3-6(2)4(7)8/h5H,3H2,1-2H3,(H,7,8). The molecule has 1 N–H and O–H groups in total. The first kappa shape index (κ1) is 8.20. The summed E-state index contributed by atoms with van der Waals surface area (Å²) < 4.78 is 0.611. The Bertz CT molecular complexity index is 84.1. The first-order valence-corrected chi connectivity index (χ1v) is 3.12. The molecule has 0 rings (SSSR count). The molecule has 0 radical (unpaired) electrons. The third kappa shape index (κ3) is 3.23. The van der Waals surface area contributed by atoms with Crippen LogP contribution in [0.2, 0.25) is 0 Å². The predicted molar refractivity (Wildman–Crippen MR) is 43.3 cm³/mol. The van der Waals surface area contributed by atoms with Crippen LogP contribution in [0.25, 0.3) is 0 Å². The normalized spacial score (nSPS) is 8.88. The summed E-state index contributed by atoms with van der Waals surface area (Å²) in [6.45, 7) is 0.752. The highest BCUT2D eigenvalue weighted by Crippen LogP contribution is 1.87. The highest BCUT2D eigenvalue weighted by atomic mass is 32.1. The minimum Gasteiger partial charge on any atom is -0.348 e. The van der Waals surface area contributed by atoms with Crippen LogP contribution in [0.5, 0.6) is 0 Å². The molecule has 0 aromatic heterocycles. The lowest BCUT2D eigenvalue weighted by atomic mass is 10.9. The van der Waals surface area contributed by atoms with Crippen molar-refractivity contribution in [3.63, 3.8) is 0 Å². The summed E-state index contributed by atoms with van der Waals surface area (Å²) >= 11 is 8.68. The van der Waals surface area contributed by atoms with E-state index in [1.54, 1.807) is 0 Å². The van der Waals surface area contributed by atoms with Gasteiger partial charge < -0.3 is 10.2 Å². The summed E-state index contributed by atoms with van der Waals surface area (Å²) in [5, 5.41) is 2.94. The molecule has 0 saturated heterocycles. The van der Waals surface area contributed by atoms with Gasteiger partial charge in [-0.3, -0.25) is 0 Å². The van der Waals surface area contributed by atoms with Crippen molar-refractivity contribution in [1.29, 1.82) is 0 Å². The van der Waals surface area contributed by atoms with Crippen LogP contribution in [-0.2, 0) is 0 Å². The van der Waals surface area contributed by atoms with E-state index in [1.807, 2.05) is 19.0 Å². The van der Waals surface area contributed by atoms with Crippen molar-refractivity contribution in [1.82, 2.24) is 10.2 Å². The molecule has 0 spiro atoms. The topological polar surface area (TPSA) is 15.3 Å². The first-order chi connectivity index (χ1) is 3.68. The SMILES string of the molecule is CNCN(C)C(=S)S. The molecule has 0 atom stereocenters. The fraction of sp³-hybridized carbons (Fsp3) is 0.750. The maximum atomic E-state index is 4.73. The Labute approximate surface area is 60.7 Å². The van der Waals surface area contributed by atoms with Gasteiger partial charge in [-0.2, -0.15) is 0 Å². The minimum absolute atomic E-state index is 0.611. The van der Waals surface area contributed by atoms with Gasteiger partial charge in [0.25, 0.3) is 0 Å². The third-order valence-electron chi connectivity index (χ3n) is 0.722. The van der Waals surface area contributed by atoms with Gasteiger partial charge in [0.15, 0.2) is 0 Å². The second kappa shape index (κ2) is 4.12. The summed E-state index contributed by atoms with van der Waals surface area (Å²) in [7, 11) is 3.74. The molecule has 0 aliphatic carbocycles. The lowest BCUT2D eigenvalue weighted by Crippen LogP contribution is -2.30. The van der Waals surface area contributed by atoms with Crippen molar-refractivity contribution in [2.24, 2.45) is 0 Å². The molecule has 0 unspecified atom stereocenters. The number of thiocarbonyl (C=S) groups is 1. The van der Waals surface area contributed by atoms with Gasteiger partial charge in [0.05, 0.1) is 6.67 Å². The van der Waals surface area contributed by atoms with E-state index < -0.39 is 0 Å². The molecule has 0 bridgehead atoms. The molecular weight excluding hydrogens is 140 g/mol. The van der Waals surface area contributed by atoms with Gasteiger partial charge in [-0.05, 0) is 7.05 Å². The summed E-state index contributed by atoms with van der Waals surface area (Å²) in [5.74, 6) is 0. The molecule has 0 heterocycles. The van der Waals surface area contributed by atoms with Crippen molar-refractivity contribution in [2.45, 2.75) is 0 Å². The average molecular weight is 150 g/mol. The molecule has 4 heteroatoms. The summed E-state index contributed by atoms with van der Waals surface area (Å²) in [4.78, 5) is 1.83. The smallest absolute Gasteiger partial charge is 0.134 e. The van der Waals surface area contributed by atoms with Crippen molar-refractivity contribution >= 4 is 29.2 Å². The van der Waals surface area contributed by atoms with E-state index in [0.717, 1.165) is 6.67 Å². The lowest BCUT2D eigenvalue weighted by Gasteiger charge is -2.14. The van der Waals surface area contributed by atoms with E-state index in [4.69, 9.17) is 12.2 Å². The number of thiol groups is 1. The number of rotatable bonds is 2. The van der Waals surface area contributed by atoms with E-state index in [2.05, 4.69) is 17.9 Å². The highest BCUT2D eigenvalue weighted by Gasteiger charge is 1.93. The molecule has 0 fully saturated rings. The second-order valence-corrected chi connectivity index (χ2v) is 2.61. The molecule has 0 aliphatic rings. The molecular formula is C4H10N2S2. The second-order valence-electron chi connectivity index (χ2n) is 1.49. The van der Waals surface area contributed by atoms with Crippen molar-refractivity contribution in [3.05, 3.63) is 0 Å².